The molecule has 0 radical (unpaired) electrons. The molecule has 1 aliphatic rings. The molecular formula is C13H16BrNO5S. The Bertz CT molecular complexity index is 661. The van der Waals surface area contributed by atoms with Crippen LogP contribution in [0.25, 0.3) is 0 Å². The highest BCUT2D eigenvalue weighted by atomic mass is 79.9. The van der Waals surface area contributed by atoms with Gasteiger partial charge in [0.25, 0.3) is 0 Å². The third-order valence-corrected chi connectivity index (χ3v) is 6.19. The molecule has 21 heavy (non-hydrogen) atoms. The number of piperidine rings is 1. The van der Waals surface area contributed by atoms with Gasteiger partial charge in [-0.05, 0) is 53.9 Å². The van der Waals surface area contributed by atoms with Gasteiger partial charge in [0, 0.05) is 17.6 Å². The van der Waals surface area contributed by atoms with E-state index < -0.39 is 21.6 Å². The lowest BCUT2D eigenvalue weighted by molar-refractivity contribution is 0.0126. The van der Waals surface area contributed by atoms with Crippen LogP contribution in [0.3, 0.4) is 0 Å². The topological polar surface area (TPSA) is 94.9 Å². The SMILES string of the molecule is CC1(O)CCN(S(=O)(=O)c2ccc(Br)c(C(=O)O)c2)CC1. The molecule has 0 unspecified atom stereocenters. The zero-order chi connectivity index (χ0) is 15.8. The van der Waals surface area contributed by atoms with Gasteiger partial charge in [0.2, 0.25) is 10.0 Å². The number of hydrogen-bond donors (Lipinski definition) is 2. The van der Waals surface area contributed by atoms with E-state index >= 15 is 0 Å². The van der Waals surface area contributed by atoms with E-state index in [0.717, 1.165) is 6.07 Å². The minimum atomic E-state index is -3.75. The molecule has 0 aliphatic carbocycles. The first kappa shape index (κ1) is 16.4. The fourth-order valence-electron chi connectivity index (χ4n) is 2.19. The Balaban J connectivity index is 2.33. The third kappa shape index (κ3) is 3.45. The monoisotopic (exact) mass is 377 g/mol. The lowest BCUT2D eigenvalue weighted by atomic mass is 9.95. The van der Waals surface area contributed by atoms with Gasteiger partial charge in [0.1, 0.15) is 0 Å². The summed E-state index contributed by atoms with van der Waals surface area (Å²) >= 11 is 3.09. The lowest BCUT2D eigenvalue weighted by Crippen LogP contribution is -2.45. The maximum atomic E-state index is 12.5. The second kappa shape index (κ2) is 5.68. The molecule has 1 aromatic carbocycles. The predicted octanol–water partition coefficient (Wildman–Crippen LogP) is 1.68. The molecule has 8 heteroatoms. The van der Waals surface area contributed by atoms with Gasteiger partial charge in [-0.15, -0.1) is 0 Å². The zero-order valence-electron chi connectivity index (χ0n) is 11.4. The van der Waals surface area contributed by atoms with E-state index in [4.69, 9.17) is 5.11 Å². The van der Waals surface area contributed by atoms with Crippen LogP contribution in [0, 0.1) is 0 Å². The molecule has 116 valence electrons. The summed E-state index contributed by atoms with van der Waals surface area (Å²) < 4.78 is 26.6. The Kier molecular flexibility index (Phi) is 4.44. The van der Waals surface area contributed by atoms with Crippen LogP contribution < -0.4 is 0 Å². The van der Waals surface area contributed by atoms with Crippen LogP contribution in [0.1, 0.15) is 30.1 Å². The zero-order valence-corrected chi connectivity index (χ0v) is 13.8. The van der Waals surface area contributed by atoms with Crippen LogP contribution in [0.15, 0.2) is 27.6 Å². The molecule has 1 fully saturated rings. The number of benzene rings is 1. The summed E-state index contributed by atoms with van der Waals surface area (Å²) in [5.74, 6) is -1.19. The molecule has 2 N–H and O–H groups in total. The minimum Gasteiger partial charge on any atom is -0.478 e. The molecule has 1 aromatic rings. The molecule has 0 amide bonds. The fourth-order valence-corrected chi connectivity index (χ4v) is 4.07. The summed E-state index contributed by atoms with van der Waals surface area (Å²) in [7, 11) is -3.75. The number of rotatable bonds is 3. The van der Waals surface area contributed by atoms with Gasteiger partial charge in [0.05, 0.1) is 16.1 Å². The number of aromatic carboxylic acids is 1. The number of sulfonamides is 1. The molecule has 0 saturated carbocycles. The van der Waals surface area contributed by atoms with E-state index in [0.29, 0.717) is 17.3 Å². The van der Waals surface area contributed by atoms with Crippen LogP contribution in [0.4, 0.5) is 0 Å². The Morgan fingerprint density at radius 2 is 1.90 bits per heavy atom. The molecule has 6 nitrogen and oxygen atoms in total. The fraction of sp³-hybridized carbons (Fsp3) is 0.462. The average molecular weight is 378 g/mol. The predicted molar refractivity (Wildman–Crippen MR) is 79.7 cm³/mol. The minimum absolute atomic E-state index is 0.0513. The number of carbonyl (C=O) groups is 1. The van der Waals surface area contributed by atoms with Gasteiger partial charge in [-0.1, -0.05) is 0 Å². The highest BCUT2D eigenvalue weighted by Crippen LogP contribution is 2.28. The first-order valence-corrected chi connectivity index (χ1v) is 8.62. The Hall–Kier alpha value is -0.960. The molecule has 0 spiro atoms. The molecule has 1 aliphatic heterocycles. The summed E-state index contributed by atoms with van der Waals surface area (Å²) in [5.41, 5.74) is -0.946. The largest absolute Gasteiger partial charge is 0.478 e. The summed E-state index contributed by atoms with van der Waals surface area (Å²) in [4.78, 5) is 11.0. The Labute approximate surface area is 131 Å². The highest BCUT2D eigenvalue weighted by Gasteiger charge is 2.34. The standard InChI is InChI=1S/C13H16BrNO5S/c1-13(18)4-6-15(7-5-13)21(19,20)9-2-3-11(14)10(8-9)12(16)17/h2-3,8,18H,4-7H2,1H3,(H,16,17). The lowest BCUT2D eigenvalue weighted by Gasteiger charge is -2.35. The molecule has 1 heterocycles. The third-order valence-electron chi connectivity index (χ3n) is 3.61. The van der Waals surface area contributed by atoms with Crippen molar-refractivity contribution >= 4 is 31.9 Å². The molecule has 1 saturated heterocycles. The van der Waals surface area contributed by atoms with Crippen LogP contribution in [0.5, 0.6) is 0 Å². The van der Waals surface area contributed by atoms with Crippen molar-refractivity contribution in [3.63, 3.8) is 0 Å². The van der Waals surface area contributed by atoms with Crippen molar-refractivity contribution in [2.24, 2.45) is 0 Å². The van der Waals surface area contributed by atoms with Crippen molar-refractivity contribution in [2.45, 2.75) is 30.3 Å². The number of nitrogens with zero attached hydrogens (tertiary/aromatic N) is 1. The van der Waals surface area contributed by atoms with Gasteiger partial charge >= 0.3 is 5.97 Å². The van der Waals surface area contributed by atoms with E-state index in [-0.39, 0.29) is 23.5 Å². The van der Waals surface area contributed by atoms with E-state index in [1.165, 1.54) is 16.4 Å². The smallest absolute Gasteiger partial charge is 0.336 e. The Morgan fingerprint density at radius 3 is 2.43 bits per heavy atom. The average Bonchev–Trinajstić information content (AvgIpc) is 2.38. The van der Waals surface area contributed by atoms with Crippen LogP contribution in [-0.2, 0) is 10.0 Å². The summed E-state index contributed by atoms with van der Waals surface area (Å²) in [5, 5.41) is 18.9. The summed E-state index contributed by atoms with van der Waals surface area (Å²) in [6.45, 7) is 2.11. The van der Waals surface area contributed by atoms with E-state index in [9.17, 15) is 18.3 Å². The van der Waals surface area contributed by atoms with Crippen molar-refractivity contribution in [3.05, 3.63) is 28.2 Å². The molecule has 2 rings (SSSR count). The van der Waals surface area contributed by atoms with Crippen molar-refractivity contribution in [3.8, 4) is 0 Å². The summed E-state index contributed by atoms with van der Waals surface area (Å²) in [6, 6.07) is 3.93. The van der Waals surface area contributed by atoms with Gasteiger partial charge < -0.3 is 10.2 Å². The van der Waals surface area contributed by atoms with Crippen LogP contribution in [-0.4, -0.2) is 47.6 Å². The molecule has 0 bridgehead atoms. The number of halogens is 1. The second-order valence-corrected chi connectivity index (χ2v) is 8.14. The normalized spacial score (nSPS) is 19.4. The van der Waals surface area contributed by atoms with Gasteiger partial charge in [0.15, 0.2) is 0 Å². The quantitative estimate of drug-likeness (QED) is 0.835. The van der Waals surface area contributed by atoms with Crippen molar-refractivity contribution < 1.29 is 23.4 Å². The van der Waals surface area contributed by atoms with E-state index in [1.54, 1.807) is 6.92 Å². The van der Waals surface area contributed by atoms with Gasteiger partial charge in [-0.2, -0.15) is 4.31 Å². The molecule has 0 aromatic heterocycles. The maximum absolute atomic E-state index is 12.5. The number of aliphatic hydroxyl groups is 1. The van der Waals surface area contributed by atoms with E-state index in [1.807, 2.05) is 0 Å². The van der Waals surface area contributed by atoms with Gasteiger partial charge in [-0.3, -0.25) is 0 Å². The first-order chi connectivity index (χ1) is 9.63. The van der Waals surface area contributed by atoms with Crippen LogP contribution in [0.2, 0.25) is 0 Å². The highest BCUT2D eigenvalue weighted by molar-refractivity contribution is 9.10. The summed E-state index contributed by atoms with van der Waals surface area (Å²) in [6.07, 6.45) is 0.711. The molecule has 0 atom stereocenters. The number of carboxylic acids is 1. The van der Waals surface area contributed by atoms with Crippen molar-refractivity contribution in [2.75, 3.05) is 13.1 Å². The van der Waals surface area contributed by atoms with Crippen molar-refractivity contribution in [1.29, 1.82) is 0 Å². The number of hydrogen-bond acceptors (Lipinski definition) is 4. The number of carboxylic acid groups (broad SMARTS) is 1. The second-order valence-electron chi connectivity index (χ2n) is 5.35. The first-order valence-electron chi connectivity index (χ1n) is 6.39. The van der Waals surface area contributed by atoms with E-state index in [2.05, 4.69) is 15.9 Å². The molecular weight excluding hydrogens is 362 g/mol. The van der Waals surface area contributed by atoms with Gasteiger partial charge in [-0.25, -0.2) is 13.2 Å². The van der Waals surface area contributed by atoms with Crippen molar-refractivity contribution in [1.82, 2.24) is 4.31 Å². The van der Waals surface area contributed by atoms with Crippen LogP contribution >= 0.6 is 15.9 Å². The maximum Gasteiger partial charge on any atom is 0.336 e. The Morgan fingerprint density at radius 1 is 1.33 bits per heavy atom.